The standard InChI is InChI=1S/C29H27ClN2O3S/c1-21-8-12-24(13-9-21)28(23-6-4-3-5-7-23)31-29(33)25-14-18-27(19-15-25)32(36(2,34)35)20-22-10-16-26(30)17-11-22/h3-19,28H,20H2,1-2H3,(H,31,33)/t28-/m1/s1. The summed E-state index contributed by atoms with van der Waals surface area (Å²) in [5.74, 6) is -0.250. The van der Waals surface area contributed by atoms with Gasteiger partial charge >= 0.3 is 0 Å². The zero-order valence-corrected chi connectivity index (χ0v) is 21.6. The lowest BCUT2D eigenvalue weighted by molar-refractivity contribution is 0.0943. The normalized spacial score (nSPS) is 12.1. The number of nitrogens with one attached hydrogen (secondary N) is 1. The van der Waals surface area contributed by atoms with Crippen molar-refractivity contribution in [2.45, 2.75) is 19.5 Å². The summed E-state index contributed by atoms with van der Waals surface area (Å²) in [7, 11) is -3.55. The van der Waals surface area contributed by atoms with Gasteiger partial charge in [0.1, 0.15) is 0 Å². The van der Waals surface area contributed by atoms with Gasteiger partial charge in [-0.25, -0.2) is 8.42 Å². The highest BCUT2D eigenvalue weighted by Gasteiger charge is 2.20. The number of amides is 1. The van der Waals surface area contributed by atoms with E-state index in [0.29, 0.717) is 16.3 Å². The molecule has 0 saturated heterocycles. The molecule has 4 aromatic rings. The van der Waals surface area contributed by atoms with E-state index in [0.717, 1.165) is 28.5 Å². The average molecular weight is 519 g/mol. The molecule has 0 aliphatic heterocycles. The van der Waals surface area contributed by atoms with E-state index in [-0.39, 0.29) is 18.5 Å². The Morgan fingerprint density at radius 1 is 0.833 bits per heavy atom. The molecule has 1 amide bonds. The van der Waals surface area contributed by atoms with Gasteiger partial charge in [0, 0.05) is 10.6 Å². The molecule has 0 saturated carbocycles. The lowest BCUT2D eigenvalue weighted by atomic mass is 9.97. The summed E-state index contributed by atoms with van der Waals surface area (Å²) in [5.41, 5.74) is 4.80. The summed E-state index contributed by atoms with van der Waals surface area (Å²) in [5, 5.41) is 3.71. The van der Waals surface area contributed by atoms with E-state index >= 15 is 0 Å². The third-order valence-electron chi connectivity index (χ3n) is 5.88. The number of sulfonamides is 1. The van der Waals surface area contributed by atoms with Crippen LogP contribution in [0.4, 0.5) is 5.69 Å². The van der Waals surface area contributed by atoms with Gasteiger partial charge in [-0.3, -0.25) is 9.10 Å². The van der Waals surface area contributed by atoms with Gasteiger partial charge < -0.3 is 5.32 Å². The van der Waals surface area contributed by atoms with Gasteiger partial charge in [0.05, 0.1) is 24.5 Å². The lowest BCUT2D eigenvalue weighted by Gasteiger charge is -2.23. The summed E-state index contributed by atoms with van der Waals surface area (Å²) in [6.07, 6.45) is 1.16. The van der Waals surface area contributed by atoms with Crippen LogP contribution >= 0.6 is 11.6 Å². The molecule has 0 aromatic heterocycles. The fraction of sp³-hybridized carbons (Fsp3) is 0.138. The first-order valence-electron chi connectivity index (χ1n) is 11.5. The van der Waals surface area contributed by atoms with Crippen LogP contribution in [0.1, 0.15) is 38.7 Å². The topological polar surface area (TPSA) is 66.5 Å². The van der Waals surface area contributed by atoms with Crippen molar-refractivity contribution in [1.82, 2.24) is 5.32 Å². The fourth-order valence-electron chi connectivity index (χ4n) is 3.91. The highest BCUT2D eigenvalue weighted by atomic mass is 35.5. The second-order valence-electron chi connectivity index (χ2n) is 8.67. The molecule has 0 fully saturated rings. The Labute approximate surface area is 217 Å². The van der Waals surface area contributed by atoms with E-state index in [1.807, 2.05) is 61.5 Å². The van der Waals surface area contributed by atoms with Crippen molar-refractivity contribution in [3.63, 3.8) is 0 Å². The highest BCUT2D eigenvalue weighted by Crippen LogP contribution is 2.25. The van der Waals surface area contributed by atoms with Gasteiger partial charge in [-0.05, 0) is 60.0 Å². The van der Waals surface area contributed by atoms with Crippen molar-refractivity contribution in [3.8, 4) is 0 Å². The van der Waals surface area contributed by atoms with Crippen LogP contribution in [0, 0.1) is 6.92 Å². The first-order chi connectivity index (χ1) is 17.2. The Morgan fingerprint density at radius 2 is 1.42 bits per heavy atom. The quantitative estimate of drug-likeness (QED) is 0.305. The van der Waals surface area contributed by atoms with E-state index in [1.54, 1.807) is 48.5 Å². The molecule has 0 spiro atoms. The Hall–Kier alpha value is -3.61. The van der Waals surface area contributed by atoms with E-state index in [9.17, 15) is 13.2 Å². The SMILES string of the molecule is Cc1ccc([C@H](NC(=O)c2ccc(N(Cc3ccc(Cl)cc3)S(C)(=O)=O)cc2)c2ccccc2)cc1. The number of aryl methyl sites for hydroxylation is 1. The Balaban J connectivity index is 1.57. The predicted octanol–water partition coefficient (Wildman–Crippen LogP) is 6.13. The Morgan fingerprint density at radius 3 is 2.00 bits per heavy atom. The number of carbonyl (C=O) groups excluding carboxylic acids is 1. The van der Waals surface area contributed by atoms with Crippen molar-refractivity contribution in [1.29, 1.82) is 0 Å². The van der Waals surface area contributed by atoms with Crippen LogP contribution in [0.25, 0.3) is 0 Å². The van der Waals surface area contributed by atoms with Gasteiger partial charge in [0.25, 0.3) is 5.91 Å². The van der Waals surface area contributed by atoms with Gasteiger partial charge in [0.15, 0.2) is 0 Å². The molecule has 184 valence electrons. The molecule has 0 bridgehead atoms. The zero-order chi connectivity index (χ0) is 25.7. The van der Waals surface area contributed by atoms with Gasteiger partial charge in [0.2, 0.25) is 10.0 Å². The summed E-state index contributed by atoms with van der Waals surface area (Å²) < 4.78 is 26.4. The number of anilines is 1. The van der Waals surface area contributed by atoms with Crippen LogP contribution in [0.2, 0.25) is 5.02 Å². The molecule has 0 aliphatic carbocycles. The van der Waals surface area contributed by atoms with Crippen LogP contribution < -0.4 is 9.62 Å². The second-order valence-corrected chi connectivity index (χ2v) is 11.0. The fourth-order valence-corrected chi connectivity index (χ4v) is 4.93. The largest absolute Gasteiger partial charge is 0.341 e. The van der Waals surface area contributed by atoms with E-state index < -0.39 is 10.0 Å². The summed E-state index contributed by atoms with van der Waals surface area (Å²) in [4.78, 5) is 13.2. The summed E-state index contributed by atoms with van der Waals surface area (Å²) >= 11 is 5.95. The zero-order valence-electron chi connectivity index (χ0n) is 20.1. The van der Waals surface area contributed by atoms with E-state index in [4.69, 9.17) is 11.6 Å². The van der Waals surface area contributed by atoms with Crippen molar-refractivity contribution < 1.29 is 13.2 Å². The second kappa shape index (κ2) is 11.0. The Bertz CT molecular complexity index is 1420. The molecular weight excluding hydrogens is 492 g/mol. The number of hydrogen-bond donors (Lipinski definition) is 1. The highest BCUT2D eigenvalue weighted by molar-refractivity contribution is 7.92. The maximum atomic E-state index is 13.2. The molecule has 0 aliphatic rings. The molecule has 1 N–H and O–H groups in total. The lowest BCUT2D eigenvalue weighted by Crippen LogP contribution is -2.30. The maximum absolute atomic E-state index is 13.2. The number of benzene rings is 4. The smallest absolute Gasteiger partial charge is 0.252 e. The van der Waals surface area contributed by atoms with Crippen molar-refractivity contribution >= 4 is 33.2 Å². The first kappa shape index (κ1) is 25.5. The molecule has 0 unspecified atom stereocenters. The van der Waals surface area contributed by atoms with Crippen LogP contribution in [0.3, 0.4) is 0 Å². The molecular formula is C29H27ClN2O3S. The number of carbonyl (C=O) groups is 1. The summed E-state index contributed by atoms with van der Waals surface area (Å²) in [6, 6.07) is 31.1. The van der Waals surface area contributed by atoms with Crippen molar-refractivity contribution in [2.24, 2.45) is 0 Å². The maximum Gasteiger partial charge on any atom is 0.252 e. The third kappa shape index (κ3) is 6.33. The monoisotopic (exact) mass is 518 g/mol. The van der Waals surface area contributed by atoms with Crippen LogP contribution in [0.15, 0.2) is 103 Å². The molecule has 0 radical (unpaired) electrons. The van der Waals surface area contributed by atoms with Crippen LogP contribution in [0.5, 0.6) is 0 Å². The van der Waals surface area contributed by atoms with Crippen LogP contribution in [-0.2, 0) is 16.6 Å². The van der Waals surface area contributed by atoms with Crippen molar-refractivity contribution in [3.05, 3.63) is 136 Å². The molecule has 1 atom stereocenters. The predicted molar refractivity (Wildman–Crippen MR) is 146 cm³/mol. The molecule has 0 heterocycles. The van der Waals surface area contributed by atoms with Gasteiger partial charge in [-0.1, -0.05) is 83.9 Å². The van der Waals surface area contributed by atoms with Gasteiger partial charge in [-0.2, -0.15) is 0 Å². The number of halogens is 1. The number of nitrogens with zero attached hydrogens (tertiary/aromatic N) is 1. The summed E-state index contributed by atoms with van der Waals surface area (Å²) in [6.45, 7) is 2.18. The van der Waals surface area contributed by atoms with Gasteiger partial charge in [-0.15, -0.1) is 0 Å². The molecule has 4 rings (SSSR count). The minimum Gasteiger partial charge on any atom is -0.341 e. The minimum atomic E-state index is -3.55. The average Bonchev–Trinajstić information content (AvgIpc) is 2.87. The van der Waals surface area contributed by atoms with Crippen molar-refractivity contribution in [2.75, 3.05) is 10.6 Å². The minimum absolute atomic E-state index is 0.158. The van der Waals surface area contributed by atoms with E-state index in [1.165, 1.54) is 4.31 Å². The molecule has 4 aromatic carbocycles. The third-order valence-corrected chi connectivity index (χ3v) is 7.27. The Kier molecular flexibility index (Phi) is 7.77. The first-order valence-corrected chi connectivity index (χ1v) is 13.7. The van der Waals surface area contributed by atoms with E-state index in [2.05, 4.69) is 5.32 Å². The number of hydrogen-bond acceptors (Lipinski definition) is 3. The molecule has 5 nitrogen and oxygen atoms in total. The molecule has 36 heavy (non-hydrogen) atoms. The molecule has 7 heteroatoms. The van der Waals surface area contributed by atoms with Crippen LogP contribution in [-0.4, -0.2) is 20.6 Å². The number of rotatable bonds is 8.